The molecule has 1 aliphatic carbocycles. The number of anilines is 1. The van der Waals surface area contributed by atoms with Crippen LogP contribution in [0.1, 0.15) is 64.0 Å². The molecule has 1 aromatic carbocycles. The standard InChI is InChI=1S/C17H28N2/c1-3-18-14(2)15-9-8-12-17(13-15)19-16-10-6-4-5-7-11-16/h8-9,12-14,16,18-19H,3-7,10-11H2,1-2H3. The Morgan fingerprint density at radius 2 is 1.89 bits per heavy atom. The summed E-state index contributed by atoms with van der Waals surface area (Å²) in [5.74, 6) is 0. The van der Waals surface area contributed by atoms with Crippen LogP contribution in [0.2, 0.25) is 0 Å². The van der Waals surface area contributed by atoms with E-state index in [1.54, 1.807) is 0 Å². The van der Waals surface area contributed by atoms with Crippen LogP contribution in [0.3, 0.4) is 0 Å². The normalized spacial score (nSPS) is 18.8. The Morgan fingerprint density at radius 3 is 2.58 bits per heavy atom. The molecule has 1 aliphatic rings. The zero-order valence-electron chi connectivity index (χ0n) is 12.4. The van der Waals surface area contributed by atoms with E-state index in [4.69, 9.17) is 0 Å². The minimum atomic E-state index is 0.431. The summed E-state index contributed by atoms with van der Waals surface area (Å²) in [4.78, 5) is 0. The van der Waals surface area contributed by atoms with Crippen LogP contribution < -0.4 is 10.6 Å². The van der Waals surface area contributed by atoms with Gasteiger partial charge in [0.05, 0.1) is 0 Å². The van der Waals surface area contributed by atoms with Crippen molar-refractivity contribution in [3.8, 4) is 0 Å². The molecule has 2 heteroatoms. The quantitative estimate of drug-likeness (QED) is 0.762. The van der Waals surface area contributed by atoms with Gasteiger partial charge in [0.1, 0.15) is 0 Å². The maximum Gasteiger partial charge on any atom is 0.0345 e. The van der Waals surface area contributed by atoms with Crippen molar-refractivity contribution < 1.29 is 0 Å². The van der Waals surface area contributed by atoms with E-state index < -0.39 is 0 Å². The molecule has 0 radical (unpaired) electrons. The van der Waals surface area contributed by atoms with Crippen LogP contribution in [-0.4, -0.2) is 12.6 Å². The lowest BCUT2D eigenvalue weighted by Crippen LogP contribution is -2.20. The largest absolute Gasteiger partial charge is 0.382 e. The Kier molecular flexibility index (Phi) is 5.71. The minimum absolute atomic E-state index is 0.431. The van der Waals surface area contributed by atoms with Crippen LogP contribution in [0.4, 0.5) is 5.69 Å². The molecule has 1 fully saturated rings. The lowest BCUT2D eigenvalue weighted by molar-refractivity contribution is 0.597. The summed E-state index contributed by atoms with van der Waals surface area (Å²) >= 11 is 0. The van der Waals surface area contributed by atoms with Gasteiger partial charge in [0.15, 0.2) is 0 Å². The Labute approximate surface area is 118 Å². The monoisotopic (exact) mass is 260 g/mol. The molecule has 0 aromatic heterocycles. The van der Waals surface area contributed by atoms with Crippen molar-refractivity contribution in [1.82, 2.24) is 5.32 Å². The highest BCUT2D eigenvalue weighted by Gasteiger charge is 2.12. The van der Waals surface area contributed by atoms with Gasteiger partial charge < -0.3 is 10.6 Å². The highest BCUT2D eigenvalue weighted by atomic mass is 14.9. The first kappa shape index (κ1) is 14.4. The van der Waals surface area contributed by atoms with Gasteiger partial charge in [0.25, 0.3) is 0 Å². The van der Waals surface area contributed by atoms with Crippen molar-refractivity contribution in [1.29, 1.82) is 0 Å². The zero-order valence-corrected chi connectivity index (χ0v) is 12.4. The molecule has 1 saturated carbocycles. The number of nitrogens with one attached hydrogen (secondary N) is 2. The molecule has 1 aromatic rings. The fraction of sp³-hybridized carbons (Fsp3) is 0.647. The van der Waals surface area contributed by atoms with E-state index in [0.29, 0.717) is 12.1 Å². The van der Waals surface area contributed by atoms with Gasteiger partial charge in [-0.1, -0.05) is 44.7 Å². The van der Waals surface area contributed by atoms with Crippen molar-refractivity contribution in [2.45, 2.75) is 64.5 Å². The molecular formula is C17H28N2. The van der Waals surface area contributed by atoms with Crippen molar-refractivity contribution in [2.24, 2.45) is 0 Å². The van der Waals surface area contributed by atoms with Gasteiger partial charge in [-0.05, 0) is 44.0 Å². The lowest BCUT2D eigenvalue weighted by Gasteiger charge is -2.19. The molecule has 0 saturated heterocycles. The third-order valence-electron chi connectivity index (χ3n) is 4.12. The molecule has 0 bridgehead atoms. The van der Waals surface area contributed by atoms with Crippen molar-refractivity contribution in [3.63, 3.8) is 0 Å². The molecule has 0 aliphatic heterocycles. The van der Waals surface area contributed by atoms with Gasteiger partial charge >= 0.3 is 0 Å². The number of hydrogen-bond acceptors (Lipinski definition) is 2. The van der Waals surface area contributed by atoms with E-state index in [1.807, 2.05) is 0 Å². The van der Waals surface area contributed by atoms with Crippen LogP contribution in [-0.2, 0) is 0 Å². The molecule has 0 spiro atoms. The predicted molar refractivity (Wildman–Crippen MR) is 83.6 cm³/mol. The second-order valence-electron chi connectivity index (χ2n) is 5.74. The Hall–Kier alpha value is -1.02. The maximum atomic E-state index is 3.73. The fourth-order valence-corrected chi connectivity index (χ4v) is 2.98. The molecule has 19 heavy (non-hydrogen) atoms. The molecule has 0 heterocycles. The third kappa shape index (κ3) is 4.54. The lowest BCUT2D eigenvalue weighted by atomic mass is 10.1. The molecule has 1 atom stereocenters. The van der Waals surface area contributed by atoms with Gasteiger partial charge in [-0.25, -0.2) is 0 Å². The third-order valence-corrected chi connectivity index (χ3v) is 4.12. The predicted octanol–water partition coefficient (Wildman–Crippen LogP) is 4.49. The number of benzene rings is 1. The van der Waals surface area contributed by atoms with Gasteiger partial charge in [-0.3, -0.25) is 0 Å². The summed E-state index contributed by atoms with van der Waals surface area (Å²) in [6.07, 6.45) is 8.24. The first-order valence-corrected chi connectivity index (χ1v) is 7.89. The molecule has 2 rings (SSSR count). The molecule has 0 amide bonds. The van der Waals surface area contributed by atoms with Crippen molar-refractivity contribution in [3.05, 3.63) is 29.8 Å². The second-order valence-corrected chi connectivity index (χ2v) is 5.74. The Balaban J connectivity index is 1.97. The van der Waals surface area contributed by atoms with E-state index in [9.17, 15) is 0 Å². The highest BCUT2D eigenvalue weighted by molar-refractivity contribution is 5.47. The van der Waals surface area contributed by atoms with E-state index in [0.717, 1.165) is 6.54 Å². The van der Waals surface area contributed by atoms with Gasteiger partial charge in [-0.15, -0.1) is 0 Å². The average molecular weight is 260 g/mol. The van der Waals surface area contributed by atoms with E-state index in [1.165, 1.54) is 49.8 Å². The molecule has 2 N–H and O–H groups in total. The van der Waals surface area contributed by atoms with Crippen LogP contribution in [0, 0.1) is 0 Å². The number of hydrogen-bond donors (Lipinski definition) is 2. The first-order chi connectivity index (χ1) is 9.29. The summed E-state index contributed by atoms with van der Waals surface area (Å²) in [5.41, 5.74) is 2.66. The SMILES string of the molecule is CCNC(C)c1cccc(NC2CCCCCC2)c1. The summed E-state index contributed by atoms with van der Waals surface area (Å²) in [7, 11) is 0. The molecule has 106 valence electrons. The second kappa shape index (κ2) is 7.54. The first-order valence-electron chi connectivity index (χ1n) is 7.89. The van der Waals surface area contributed by atoms with E-state index in [2.05, 4.69) is 48.7 Å². The van der Waals surface area contributed by atoms with Crippen LogP contribution in [0.5, 0.6) is 0 Å². The summed E-state index contributed by atoms with van der Waals surface area (Å²) < 4.78 is 0. The molecule has 1 unspecified atom stereocenters. The van der Waals surface area contributed by atoms with Gasteiger partial charge in [0.2, 0.25) is 0 Å². The summed E-state index contributed by atoms with van der Waals surface area (Å²) in [6, 6.07) is 9.99. The van der Waals surface area contributed by atoms with Crippen molar-refractivity contribution in [2.75, 3.05) is 11.9 Å². The van der Waals surface area contributed by atoms with Crippen LogP contribution in [0.25, 0.3) is 0 Å². The van der Waals surface area contributed by atoms with E-state index in [-0.39, 0.29) is 0 Å². The zero-order chi connectivity index (χ0) is 13.5. The topological polar surface area (TPSA) is 24.1 Å². The Morgan fingerprint density at radius 1 is 1.16 bits per heavy atom. The summed E-state index contributed by atoms with van der Waals surface area (Å²) in [6.45, 7) is 5.40. The highest BCUT2D eigenvalue weighted by Crippen LogP contribution is 2.23. The smallest absolute Gasteiger partial charge is 0.0345 e. The number of rotatable bonds is 5. The fourth-order valence-electron chi connectivity index (χ4n) is 2.98. The minimum Gasteiger partial charge on any atom is -0.382 e. The van der Waals surface area contributed by atoms with E-state index >= 15 is 0 Å². The summed E-state index contributed by atoms with van der Waals surface area (Å²) in [5, 5.41) is 7.21. The van der Waals surface area contributed by atoms with Crippen LogP contribution >= 0.6 is 0 Å². The van der Waals surface area contributed by atoms with Crippen molar-refractivity contribution >= 4 is 5.69 Å². The van der Waals surface area contributed by atoms with Crippen LogP contribution in [0.15, 0.2) is 24.3 Å². The van der Waals surface area contributed by atoms with Gasteiger partial charge in [0, 0.05) is 17.8 Å². The maximum absolute atomic E-state index is 3.73. The Bertz CT molecular complexity index is 367. The van der Waals surface area contributed by atoms with Gasteiger partial charge in [-0.2, -0.15) is 0 Å². The molecule has 2 nitrogen and oxygen atoms in total. The molecular weight excluding hydrogens is 232 g/mol. The average Bonchev–Trinajstić information content (AvgIpc) is 2.68.